The minimum Gasteiger partial charge on any atom is -0.316 e. The fraction of sp³-hybridized carbons (Fsp3) is 1.00. The number of fused-ring (bicyclic) bond motifs is 1. The maximum Gasteiger partial charge on any atom is 0.00137 e. The summed E-state index contributed by atoms with van der Waals surface area (Å²) in [5.74, 6) is 2.01. The van der Waals surface area contributed by atoms with E-state index in [0.29, 0.717) is 0 Å². The molecule has 11 heavy (non-hydrogen) atoms. The molecule has 0 radical (unpaired) electrons. The van der Waals surface area contributed by atoms with Gasteiger partial charge in [0.25, 0.3) is 0 Å². The maximum absolute atomic E-state index is 3.50. The molecule has 2 aliphatic rings. The minimum absolute atomic E-state index is 0.760. The molecule has 1 N–H and O–H groups in total. The quantitative estimate of drug-likeness (QED) is 0.654. The molecule has 1 saturated heterocycles. The molecule has 0 spiro atoms. The van der Waals surface area contributed by atoms with Gasteiger partial charge in [0.1, 0.15) is 0 Å². The van der Waals surface area contributed by atoms with Crippen LogP contribution in [0.25, 0.3) is 0 Å². The monoisotopic (exact) mass is 153 g/mol. The van der Waals surface area contributed by atoms with Crippen molar-refractivity contribution in [1.29, 1.82) is 0 Å². The Labute approximate surface area is 69.6 Å². The topological polar surface area (TPSA) is 12.0 Å². The van der Waals surface area contributed by atoms with Crippen molar-refractivity contribution in [2.24, 2.45) is 17.3 Å². The van der Waals surface area contributed by atoms with Gasteiger partial charge in [0.15, 0.2) is 0 Å². The van der Waals surface area contributed by atoms with Gasteiger partial charge in [0.05, 0.1) is 0 Å². The first-order valence-electron chi connectivity index (χ1n) is 5.00. The zero-order chi connectivity index (χ0) is 7.90. The summed E-state index contributed by atoms with van der Waals surface area (Å²) in [6, 6.07) is 0. The fourth-order valence-electron chi connectivity index (χ4n) is 2.87. The molecule has 1 aliphatic heterocycles. The second kappa shape index (κ2) is 2.48. The van der Waals surface area contributed by atoms with Gasteiger partial charge in [-0.2, -0.15) is 0 Å². The van der Waals surface area contributed by atoms with Gasteiger partial charge in [-0.05, 0) is 30.2 Å². The van der Waals surface area contributed by atoms with Crippen LogP contribution in [0.4, 0.5) is 0 Å². The Morgan fingerprint density at radius 3 is 2.91 bits per heavy atom. The molecular weight excluding hydrogens is 134 g/mol. The maximum atomic E-state index is 3.50. The Morgan fingerprint density at radius 1 is 1.64 bits per heavy atom. The van der Waals surface area contributed by atoms with Crippen LogP contribution in [0.1, 0.15) is 33.1 Å². The van der Waals surface area contributed by atoms with E-state index in [1.165, 1.54) is 32.4 Å². The highest BCUT2D eigenvalue weighted by Gasteiger charge is 2.59. The second-order valence-corrected chi connectivity index (χ2v) is 4.45. The van der Waals surface area contributed by atoms with E-state index in [-0.39, 0.29) is 0 Å². The van der Waals surface area contributed by atoms with Crippen LogP contribution in [0.5, 0.6) is 0 Å². The molecule has 1 nitrogen and oxygen atoms in total. The first-order chi connectivity index (χ1) is 5.29. The van der Waals surface area contributed by atoms with Crippen molar-refractivity contribution in [3.8, 4) is 0 Å². The Balaban J connectivity index is 1.94. The van der Waals surface area contributed by atoms with E-state index in [2.05, 4.69) is 19.2 Å². The van der Waals surface area contributed by atoms with E-state index >= 15 is 0 Å². The largest absolute Gasteiger partial charge is 0.316 e. The molecule has 0 aromatic rings. The lowest BCUT2D eigenvalue weighted by atomic mass is 9.86. The van der Waals surface area contributed by atoms with E-state index in [4.69, 9.17) is 0 Å². The molecule has 2 rings (SSSR count). The van der Waals surface area contributed by atoms with Crippen molar-refractivity contribution in [2.45, 2.75) is 33.1 Å². The summed E-state index contributed by atoms with van der Waals surface area (Å²) in [5.41, 5.74) is 0.760. The van der Waals surface area contributed by atoms with Crippen LogP contribution < -0.4 is 5.32 Å². The van der Waals surface area contributed by atoms with Gasteiger partial charge in [-0.1, -0.05) is 26.7 Å². The SMILES string of the molecule is CCCC(C)C12CNCC1C2. The molecule has 0 amide bonds. The predicted octanol–water partition coefficient (Wildman–Crippen LogP) is 2.03. The van der Waals surface area contributed by atoms with Crippen LogP contribution in [0.3, 0.4) is 0 Å². The molecule has 2 fully saturated rings. The molecule has 3 unspecified atom stereocenters. The molecule has 1 aliphatic carbocycles. The van der Waals surface area contributed by atoms with E-state index in [9.17, 15) is 0 Å². The van der Waals surface area contributed by atoms with E-state index in [1.54, 1.807) is 0 Å². The number of nitrogens with one attached hydrogen (secondary N) is 1. The van der Waals surface area contributed by atoms with Gasteiger partial charge < -0.3 is 5.32 Å². The van der Waals surface area contributed by atoms with E-state index in [1.807, 2.05) is 0 Å². The van der Waals surface area contributed by atoms with Crippen molar-refractivity contribution in [3.05, 3.63) is 0 Å². The summed E-state index contributed by atoms with van der Waals surface area (Å²) in [5, 5.41) is 3.50. The number of piperidine rings is 1. The van der Waals surface area contributed by atoms with Crippen LogP contribution in [0, 0.1) is 17.3 Å². The van der Waals surface area contributed by atoms with Gasteiger partial charge >= 0.3 is 0 Å². The molecular formula is C10H19N. The smallest absolute Gasteiger partial charge is 0.00137 e. The van der Waals surface area contributed by atoms with Crippen molar-refractivity contribution in [1.82, 2.24) is 5.32 Å². The fourth-order valence-corrected chi connectivity index (χ4v) is 2.87. The van der Waals surface area contributed by atoms with E-state index in [0.717, 1.165) is 17.3 Å². The molecule has 0 aromatic carbocycles. The van der Waals surface area contributed by atoms with Gasteiger partial charge in [0.2, 0.25) is 0 Å². The summed E-state index contributed by atoms with van der Waals surface area (Å²) in [7, 11) is 0. The number of hydrogen-bond donors (Lipinski definition) is 1. The van der Waals surface area contributed by atoms with E-state index < -0.39 is 0 Å². The molecule has 1 heterocycles. The normalized spacial score (nSPS) is 43.6. The van der Waals surface area contributed by atoms with Crippen molar-refractivity contribution in [2.75, 3.05) is 13.1 Å². The molecule has 0 aromatic heterocycles. The zero-order valence-electron chi connectivity index (χ0n) is 7.69. The lowest BCUT2D eigenvalue weighted by Crippen LogP contribution is -2.21. The second-order valence-electron chi connectivity index (χ2n) is 4.45. The predicted molar refractivity (Wildman–Crippen MR) is 47.5 cm³/mol. The van der Waals surface area contributed by atoms with Crippen LogP contribution in [0.2, 0.25) is 0 Å². The van der Waals surface area contributed by atoms with Crippen LogP contribution in [0.15, 0.2) is 0 Å². The number of hydrogen-bond acceptors (Lipinski definition) is 1. The third-order valence-corrected chi connectivity index (χ3v) is 3.83. The molecule has 1 heteroatoms. The van der Waals surface area contributed by atoms with Gasteiger partial charge in [-0.25, -0.2) is 0 Å². The zero-order valence-corrected chi connectivity index (χ0v) is 7.69. The van der Waals surface area contributed by atoms with Gasteiger partial charge in [-0.15, -0.1) is 0 Å². The number of rotatable bonds is 3. The highest BCUT2D eigenvalue weighted by atomic mass is 15.0. The Hall–Kier alpha value is -0.0400. The Morgan fingerprint density at radius 2 is 2.45 bits per heavy atom. The van der Waals surface area contributed by atoms with Crippen LogP contribution >= 0.6 is 0 Å². The van der Waals surface area contributed by atoms with Gasteiger partial charge in [0, 0.05) is 6.54 Å². The van der Waals surface area contributed by atoms with Crippen LogP contribution in [-0.4, -0.2) is 13.1 Å². The average molecular weight is 153 g/mol. The van der Waals surface area contributed by atoms with Crippen molar-refractivity contribution >= 4 is 0 Å². The molecule has 0 bridgehead atoms. The summed E-state index contributed by atoms with van der Waals surface area (Å²) < 4.78 is 0. The average Bonchev–Trinajstić information content (AvgIpc) is 2.57. The summed E-state index contributed by atoms with van der Waals surface area (Å²) >= 11 is 0. The highest BCUT2D eigenvalue weighted by Crippen LogP contribution is 2.60. The summed E-state index contributed by atoms with van der Waals surface area (Å²) in [6.45, 7) is 7.34. The minimum atomic E-state index is 0.760. The lowest BCUT2D eigenvalue weighted by molar-refractivity contribution is 0.314. The standard InChI is InChI=1S/C10H19N/c1-3-4-8(2)10-5-9(10)6-11-7-10/h8-9,11H,3-7H2,1-2H3. The molecule has 3 atom stereocenters. The lowest BCUT2D eigenvalue weighted by Gasteiger charge is -2.20. The molecule has 1 saturated carbocycles. The van der Waals surface area contributed by atoms with Crippen molar-refractivity contribution in [3.63, 3.8) is 0 Å². The Bertz CT molecular complexity index is 155. The molecule has 64 valence electrons. The first-order valence-corrected chi connectivity index (χ1v) is 5.00. The summed E-state index contributed by atoms with van der Waals surface area (Å²) in [4.78, 5) is 0. The van der Waals surface area contributed by atoms with Crippen LogP contribution in [-0.2, 0) is 0 Å². The third kappa shape index (κ3) is 1.01. The Kier molecular flexibility index (Phi) is 1.71. The summed E-state index contributed by atoms with van der Waals surface area (Å²) in [6.07, 6.45) is 4.30. The highest BCUT2D eigenvalue weighted by molar-refractivity contribution is 5.11. The first kappa shape index (κ1) is 7.60. The third-order valence-electron chi connectivity index (χ3n) is 3.83. The van der Waals surface area contributed by atoms with Gasteiger partial charge in [-0.3, -0.25) is 0 Å². The van der Waals surface area contributed by atoms with Crippen molar-refractivity contribution < 1.29 is 0 Å².